The molecule has 2 aliphatic carbocycles. The number of rotatable bonds is 6. The fourth-order valence-corrected chi connectivity index (χ4v) is 3.42. The van der Waals surface area contributed by atoms with E-state index >= 15 is 0 Å². The zero-order valence-electron chi connectivity index (χ0n) is 13.3. The first-order chi connectivity index (χ1) is 9.08. The Kier molecular flexibility index (Phi) is 6.57. The van der Waals surface area contributed by atoms with E-state index in [9.17, 15) is 0 Å². The summed E-state index contributed by atoms with van der Waals surface area (Å²) >= 11 is 0. The quantitative estimate of drug-likeness (QED) is 0.427. The lowest BCUT2D eigenvalue weighted by Crippen LogP contribution is -2.57. The van der Waals surface area contributed by atoms with E-state index in [1.165, 1.54) is 12.8 Å². The Morgan fingerprint density at radius 3 is 2.35 bits per heavy atom. The molecule has 5 heteroatoms. The highest BCUT2D eigenvalue weighted by Crippen LogP contribution is 2.50. The van der Waals surface area contributed by atoms with Gasteiger partial charge in [0.1, 0.15) is 0 Å². The van der Waals surface area contributed by atoms with Crippen LogP contribution in [-0.4, -0.2) is 42.7 Å². The molecule has 2 N–H and O–H groups in total. The molecule has 0 aromatic rings. The summed E-state index contributed by atoms with van der Waals surface area (Å²) in [5, 5.41) is 0. The highest BCUT2D eigenvalue weighted by molar-refractivity contribution is 14.0. The molecule has 2 rings (SSSR count). The van der Waals surface area contributed by atoms with Gasteiger partial charge in [-0.2, -0.15) is 0 Å². The summed E-state index contributed by atoms with van der Waals surface area (Å²) in [7, 11) is 2.06. The Balaban J connectivity index is 0.00000200. The first-order valence-corrected chi connectivity index (χ1v) is 7.76. The zero-order valence-corrected chi connectivity index (χ0v) is 15.6. The first-order valence-electron chi connectivity index (χ1n) is 7.76. The van der Waals surface area contributed by atoms with Crippen molar-refractivity contribution in [2.45, 2.75) is 71.1 Å². The van der Waals surface area contributed by atoms with E-state index in [4.69, 9.17) is 15.5 Å². The van der Waals surface area contributed by atoms with Gasteiger partial charge in [-0.05, 0) is 39.0 Å². The summed E-state index contributed by atoms with van der Waals surface area (Å²) in [4.78, 5) is 6.95. The van der Waals surface area contributed by atoms with Crippen LogP contribution in [0.15, 0.2) is 4.99 Å². The molecule has 2 atom stereocenters. The molecule has 0 aromatic carbocycles. The largest absolute Gasteiger partial charge is 0.378 e. The van der Waals surface area contributed by atoms with Crippen molar-refractivity contribution in [1.29, 1.82) is 0 Å². The van der Waals surface area contributed by atoms with Gasteiger partial charge < -0.3 is 15.4 Å². The van der Waals surface area contributed by atoms with E-state index < -0.39 is 0 Å². The molecule has 2 saturated carbocycles. The van der Waals surface area contributed by atoms with E-state index in [1.807, 2.05) is 0 Å². The van der Waals surface area contributed by atoms with Crippen LogP contribution in [0.2, 0.25) is 0 Å². The monoisotopic (exact) mass is 395 g/mol. The number of nitrogens with two attached hydrogens (primary N) is 1. The van der Waals surface area contributed by atoms with E-state index in [-0.39, 0.29) is 29.4 Å². The third kappa shape index (κ3) is 3.24. The molecule has 2 unspecified atom stereocenters. The van der Waals surface area contributed by atoms with E-state index in [0.29, 0.717) is 24.1 Å². The average molecular weight is 395 g/mol. The minimum Gasteiger partial charge on any atom is -0.378 e. The molecule has 0 aliphatic heterocycles. The van der Waals surface area contributed by atoms with Crippen molar-refractivity contribution in [3.8, 4) is 0 Å². The van der Waals surface area contributed by atoms with Crippen LogP contribution in [0.3, 0.4) is 0 Å². The Morgan fingerprint density at radius 2 is 1.90 bits per heavy atom. The lowest BCUT2D eigenvalue weighted by Gasteiger charge is -2.53. The minimum atomic E-state index is 0. The summed E-state index contributed by atoms with van der Waals surface area (Å²) in [6.07, 6.45) is 6.12. The Hall–Kier alpha value is -0.0400. The smallest absolute Gasteiger partial charge is 0.191 e. The standard InChI is InChI=1S/C15H29N3O.HI/c1-5-15(6-2)12(10-13(15)19-7-3)17-14(16)18(4)11-8-9-11;/h11-13H,5-10H2,1-4H3,(H2,16,17);1H. The normalized spacial score (nSPS) is 28.5. The third-order valence-electron chi connectivity index (χ3n) is 5.17. The van der Waals surface area contributed by atoms with Crippen LogP contribution < -0.4 is 5.73 Å². The summed E-state index contributed by atoms with van der Waals surface area (Å²) in [5.41, 5.74) is 6.35. The van der Waals surface area contributed by atoms with Crippen molar-refractivity contribution in [3.63, 3.8) is 0 Å². The third-order valence-corrected chi connectivity index (χ3v) is 5.17. The van der Waals surface area contributed by atoms with Crippen LogP contribution in [-0.2, 0) is 4.74 Å². The van der Waals surface area contributed by atoms with Crippen molar-refractivity contribution in [2.24, 2.45) is 16.1 Å². The molecule has 0 amide bonds. The first kappa shape index (κ1) is 18.0. The van der Waals surface area contributed by atoms with Gasteiger partial charge in [0, 0.05) is 25.1 Å². The predicted octanol–water partition coefficient (Wildman–Crippen LogP) is 3.00. The van der Waals surface area contributed by atoms with Crippen LogP contribution in [0.5, 0.6) is 0 Å². The fraction of sp³-hybridized carbons (Fsp3) is 0.933. The number of nitrogens with zero attached hydrogens (tertiary/aromatic N) is 2. The maximum absolute atomic E-state index is 6.15. The van der Waals surface area contributed by atoms with Crippen molar-refractivity contribution >= 4 is 29.9 Å². The summed E-state index contributed by atoms with van der Waals surface area (Å²) in [6, 6.07) is 0.962. The Labute approximate surface area is 140 Å². The molecule has 4 nitrogen and oxygen atoms in total. The van der Waals surface area contributed by atoms with Gasteiger partial charge in [0.2, 0.25) is 0 Å². The van der Waals surface area contributed by atoms with Gasteiger partial charge in [-0.25, -0.2) is 4.99 Å². The van der Waals surface area contributed by atoms with Crippen LogP contribution in [0, 0.1) is 5.41 Å². The van der Waals surface area contributed by atoms with Gasteiger partial charge in [0.25, 0.3) is 0 Å². The molecule has 0 saturated heterocycles. The summed E-state index contributed by atoms with van der Waals surface area (Å²) in [6.45, 7) is 7.36. The van der Waals surface area contributed by atoms with Crippen LogP contribution in [0.25, 0.3) is 0 Å². The Morgan fingerprint density at radius 1 is 1.30 bits per heavy atom. The summed E-state index contributed by atoms with van der Waals surface area (Å²) < 4.78 is 5.88. The molecule has 0 bridgehead atoms. The molecule has 118 valence electrons. The number of guanidine groups is 1. The van der Waals surface area contributed by atoms with Crippen LogP contribution in [0.4, 0.5) is 0 Å². The topological polar surface area (TPSA) is 50.9 Å². The molecule has 0 aromatic heterocycles. The fourth-order valence-electron chi connectivity index (χ4n) is 3.42. The molecule has 20 heavy (non-hydrogen) atoms. The maximum Gasteiger partial charge on any atom is 0.191 e. The van der Waals surface area contributed by atoms with Gasteiger partial charge in [-0.3, -0.25) is 0 Å². The molecule has 0 radical (unpaired) electrons. The predicted molar refractivity (Wildman–Crippen MR) is 94.7 cm³/mol. The number of hydrogen-bond donors (Lipinski definition) is 1. The van der Waals surface area contributed by atoms with Gasteiger partial charge in [0.15, 0.2) is 5.96 Å². The number of halogens is 1. The van der Waals surface area contributed by atoms with Crippen LogP contribution >= 0.6 is 24.0 Å². The minimum absolute atomic E-state index is 0. The van der Waals surface area contributed by atoms with Crippen molar-refractivity contribution in [3.05, 3.63) is 0 Å². The molecule has 0 spiro atoms. The molecular weight excluding hydrogens is 365 g/mol. The number of ether oxygens (including phenoxy) is 1. The maximum atomic E-state index is 6.15. The second-order valence-corrected chi connectivity index (χ2v) is 5.97. The van der Waals surface area contributed by atoms with E-state index in [1.54, 1.807) is 0 Å². The van der Waals surface area contributed by atoms with Gasteiger partial charge in [-0.15, -0.1) is 24.0 Å². The van der Waals surface area contributed by atoms with Crippen molar-refractivity contribution in [1.82, 2.24) is 4.90 Å². The molecule has 2 aliphatic rings. The van der Waals surface area contributed by atoms with Crippen molar-refractivity contribution in [2.75, 3.05) is 13.7 Å². The Bertz CT molecular complexity index is 340. The van der Waals surface area contributed by atoms with Crippen molar-refractivity contribution < 1.29 is 4.74 Å². The second kappa shape index (κ2) is 7.29. The SMILES string of the molecule is CCOC1CC(N=C(N)N(C)C2CC2)C1(CC)CC.I. The second-order valence-electron chi connectivity index (χ2n) is 5.97. The van der Waals surface area contributed by atoms with Gasteiger partial charge >= 0.3 is 0 Å². The lowest BCUT2D eigenvalue weighted by molar-refractivity contribution is -0.127. The van der Waals surface area contributed by atoms with Crippen LogP contribution in [0.1, 0.15) is 52.9 Å². The average Bonchev–Trinajstić information content (AvgIpc) is 3.22. The molecule has 2 fully saturated rings. The molecular formula is C15H30IN3O. The highest BCUT2D eigenvalue weighted by atomic mass is 127. The number of hydrogen-bond acceptors (Lipinski definition) is 2. The van der Waals surface area contributed by atoms with E-state index in [0.717, 1.165) is 25.9 Å². The zero-order chi connectivity index (χ0) is 14.0. The van der Waals surface area contributed by atoms with Gasteiger partial charge in [-0.1, -0.05) is 13.8 Å². The lowest BCUT2D eigenvalue weighted by atomic mass is 9.59. The van der Waals surface area contributed by atoms with Gasteiger partial charge in [0.05, 0.1) is 12.1 Å². The highest BCUT2D eigenvalue weighted by Gasteiger charge is 2.53. The van der Waals surface area contributed by atoms with E-state index in [2.05, 4.69) is 32.7 Å². The number of aliphatic imine (C=N–C) groups is 1. The summed E-state index contributed by atoms with van der Waals surface area (Å²) in [5.74, 6) is 0.716. The molecule has 0 heterocycles.